The van der Waals surface area contributed by atoms with Crippen molar-refractivity contribution in [2.45, 2.75) is 38.0 Å². The molecule has 0 fully saturated rings. The van der Waals surface area contributed by atoms with Crippen LogP contribution in [0, 0.1) is 0 Å². The number of nitrogens with two attached hydrogens (primary N) is 1. The van der Waals surface area contributed by atoms with Gasteiger partial charge in [-0.05, 0) is 37.5 Å². The Balaban J connectivity index is 2.58. The number of benzene rings is 1. The van der Waals surface area contributed by atoms with Gasteiger partial charge in [-0.25, -0.2) is 0 Å². The molecule has 0 aliphatic heterocycles. The molecule has 0 aromatic heterocycles. The highest BCUT2D eigenvalue weighted by Gasteiger charge is 2.15. The summed E-state index contributed by atoms with van der Waals surface area (Å²) in [5, 5.41) is 18.5. The molecule has 0 spiro atoms. The zero-order valence-corrected chi connectivity index (χ0v) is 11.5. The van der Waals surface area contributed by atoms with Gasteiger partial charge in [-0.1, -0.05) is 18.2 Å². The lowest BCUT2D eigenvalue weighted by molar-refractivity contribution is -0.138. The lowest BCUT2D eigenvalue weighted by Gasteiger charge is -2.19. The number of ether oxygens (including phenoxy) is 1. The van der Waals surface area contributed by atoms with Gasteiger partial charge in [0.25, 0.3) is 0 Å². The van der Waals surface area contributed by atoms with Crippen LogP contribution in [0.4, 0.5) is 0 Å². The van der Waals surface area contributed by atoms with Crippen molar-refractivity contribution in [3.63, 3.8) is 0 Å². The number of aliphatic hydroxyl groups is 1. The first-order valence-corrected chi connectivity index (χ1v) is 6.47. The van der Waals surface area contributed by atoms with Gasteiger partial charge in [0, 0.05) is 0 Å². The Morgan fingerprint density at radius 3 is 2.55 bits per heavy atom. The Bertz CT molecular complexity index is 444. The summed E-state index contributed by atoms with van der Waals surface area (Å²) in [4.78, 5) is 10.7. The van der Waals surface area contributed by atoms with Crippen LogP contribution in [0.1, 0.15) is 18.9 Å². The first kappa shape index (κ1) is 16.2. The number of carbonyl (C=O) groups is 1. The van der Waals surface area contributed by atoms with E-state index in [1.54, 1.807) is 37.3 Å². The van der Waals surface area contributed by atoms with Gasteiger partial charge in [-0.15, -0.1) is 6.58 Å². The Morgan fingerprint density at radius 2 is 2.05 bits per heavy atom. The molecule has 0 saturated carbocycles. The molecular formula is C15H21NO4. The van der Waals surface area contributed by atoms with Gasteiger partial charge in [-0.2, -0.15) is 0 Å². The number of aliphatic carboxylic acids is 1. The van der Waals surface area contributed by atoms with Crippen molar-refractivity contribution in [2.75, 3.05) is 0 Å². The summed E-state index contributed by atoms with van der Waals surface area (Å²) in [6.07, 6.45) is 1.42. The number of carboxylic acid groups (broad SMARTS) is 1. The molecular weight excluding hydrogens is 258 g/mol. The maximum Gasteiger partial charge on any atom is 0.320 e. The van der Waals surface area contributed by atoms with E-state index in [-0.39, 0.29) is 12.5 Å². The first-order valence-electron chi connectivity index (χ1n) is 6.47. The molecule has 4 N–H and O–H groups in total. The van der Waals surface area contributed by atoms with Crippen LogP contribution in [0.5, 0.6) is 5.75 Å². The summed E-state index contributed by atoms with van der Waals surface area (Å²) in [5.41, 5.74) is 6.29. The summed E-state index contributed by atoms with van der Waals surface area (Å²) in [7, 11) is 0. The van der Waals surface area contributed by atoms with Gasteiger partial charge < -0.3 is 20.7 Å². The molecule has 0 amide bonds. The second-order valence-corrected chi connectivity index (χ2v) is 4.71. The summed E-state index contributed by atoms with van der Waals surface area (Å²) in [6.45, 7) is 5.35. The zero-order valence-electron chi connectivity index (χ0n) is 11.5. The van der Waals surface area contributed by atoms with Crippen molar-refractivity contribution < 1.29 is 19.7 Å². The molecule has 0 aliphatic carbocycles. The molecule has 0 saturated heterocycles. The second-order valence-electron chi connectivity index (χ2n) is 4.71. The Kier molecular flexibility index (Phi) is 6.21. The van der Waals surface area contributed by atoms with Gasteiger partial charge in [0.2, 0.25) is 0 Å². The molecule has 0 heterocycles. The molecule has 20 heavy (non-hydrogen) atoms. The van der Waals surface area contributed by atoms with E-state index < -0.39 is 18.1 Å². The lowest BCUT2D eigenvalue weighted by atomic mass is 10.1. The lowest BCUT2D eigenvalue weighted by Crippen LogP contribution is -2.32. The molecule has 0 aliphatic rings. The summed E-state index contributed by atoms with van der Waals surface area (Å²) < 4.78 is 5.59. The fourth-order valence-electron chi connectivity index (χ4n) is 1.70. The molecule has 5 heteroatoms. The molecule has 0 radical (unpaired) electrons. The minimum Gasteiger partial charge on any atom is -0.488 e. The summed E-state index contributed by atoms with van der Waals surface area (Å²) >= 11 is 0. The van der Waals surface area contributed by atoms with Crippen LogP contribution >= 0.6 is 0 Å². The van der Waals surface area contributed by atoms with E-state index in [2.05, 4.69) is 6.58 Å². The van der Waals surface area contributed by atoms with Gasteiger partial charge in [-0.3, -0.25) is 4.79 Å². The van der Waals surface area contributed by atoms with Crippen molar-refractivity contribution in [3.8, 4) is 5.75 Å². The topological polar surface area (TPSA) is 92.8 Å². The van der Waals surface area contributed by atoms with Crippen LogP contribution in [0.25, 0.3) is 0 Å². The predicted octanol–water partition coefficient (Wildman–Crippen LogP) is 1.35. The molecule has 5 nitrogen and oxygen atoms in total. The largest absolute Gasteiger partial charge is 0.488 e. The highest BCUT2D eigenvalue weighted by Crippen LogP contribution is 2.16. The summed E-state index contributed by atoms with van der Waals surface area (Å²) in [6, 6.07) is 6.10. The first-order chi connectivity index (χ1) is 9.43. The average molecular weight is 279 g/mol. The quantitative estimate of drug-likeness (QED) is 0.625. The third-order valence-corrected chi connectivity index (χ3v) is 2.97. The Hall–Kier alpha value is -1.85. The number of hydrogen-bond acceptors (Lipinski definition) is 4. The second kappa shape index (κ2) is 7.67. The molecule has 3 unspecified atom stereocenters. The van der Waals surface area contributed by atoms with E-state index >= 15 is 0 Å². The van der Waals surface area contributed by atoms with Crippen LogP contribution in [0.2, 0.25) is 0 Å². The van der Waals surface area contributed by atoms with Crippen LogP contribution in [0.3, 0.4) is 0 Å². The Labute approximate surface area is 118 Å². The highest BCUT2D eigenvalue weighted by atomic mass is 16.5. The van der Waals surface area contributed by atoms with Gasteiger partial charge in [0.1, 0.15) is 17.9 Å². The molecule has 110 valence electrons. The minimum atomic E-state index is -1.02. The van der Waals surface area contributed by atoms with Gasteiger partial charge in [0.05, 0.1) is 6.10 Å². The standard InChI is InChI=1S/C15H21NO4/c1-3-4-14(17)10(2)20-12-7-5-11(6-8-12)9-13(16)15(18)19/h3,5-8,10,13-14,17H,1,4,9,16H2,2H3,(H,18,19). The van der Waals surface area contributed by atoms with Crippen LogP contribution in [-0.4, -0.2) is 34.4 Å². The van der Waals surface area contributed by atoms with E-state index in [1.165, 1.54) is 0 Å². The zero-order chi connectivity index (χ0) is 15.1. The molecule has 0 bridgehead atoms. The van der Waals surface area contributed by atoms with E-state index in [0.29, 0.717) is 12.2 Å². The Morgan fingerprint density at radius 1 is 1.45 bits per heavy atom. The van der Waals surface area contributed by atoms with Crippen molar-refractivity contribution in [1.29, 1.82) is 0 Å². The summed E-state index contributed by atoms with van der Waals surface area (Å²) in [5.74, 6) is -0.403. The molecule has 1 aromatic carbocycles. The fourth-order valence-corrected chi connectivity index (χ4v) is 1.70. The number of rotatable bonds is 8. The SMILES string of the molecule is C=CCC(O)C(C)Oc1ccc(CC(N)C(=O)O)cc1. The predicted molar refractivity (Wildman–Crippen MR) is 76.7 cm³/mol. The third-order valence-electron chi connectivity index (χ3n) is 2.97. The average Bonchev–Trinajstić information content (AvgIpc) is 2.41. The van der Waals surface area contributed by atoms with Crippen molar-refractivity contribution in [1.82, 2.24) is 0 Å². The maximum absolute atomic E-state index is 10.7. The van der Waals surface area contributed by atoms with Crippen molar-refractivity contribution >= 4 is 5.97 Å². The van der Waals surface area contributed by atoms with E-state index in [1.807, 2.05) is 0 Å². The minimum absolute atomic E-state index is 0.268. The molecule has 3 atom stereocenters. The van der Waals surface area contributed by atoms with Gasteiger partial charge in [0.15, 0.2) is 0 Å². The van der Waals surface area contributed by atoms with E-state index in [0.717, 1.165) is 5.56 Å². The van der Waals surface area contributed by atoms with E-state index in [4.69, 9.17) is 15.6 Å². The fraction of sp³-hybridized carbons (Fsp3) is 0.400. The maximum atomic E-state index is 10.7. The third kappa shape index (κ3) is 5.03. The van der Waals surface area contributed by atoms with Crippen LogP contribution < -0.4 is 10.5 Å². The monoisotopic (exact) mass is 279 g/mol. The number of hydrogen-bond donors (Lipinski definition) is 3. The molecule has 1 aromatic rings. The smallest absolute Gasteiger partial charge is 0.320 e. The van der Waals surface area contributed by atoms with Gasteiger partial charge >= 0.3 is 5.97 Å². The number of carboxylic acids is 1. The highest BCUT2D eigenvalue weighted by molar-refractivity contribution is 5.73. The number of aliphatic hydroxyl groups excluding tert-OH is 1. The normalized spacial score (nSPS) is 15.2. The van der Waals surface area contributed by atoms with E-state index in [9.17, 15) is 9.90 Å². The van der Waals surface area contributed by atoms with Crippen LogP contribution in [-0.2, 0) is 11.2 Å². The van der Waals surface area contributed by atoms with Crippen molar-refractivity contribution in [3.05, 3.63) is 42.5 Å². The molecule has 1 rings (SSSR count). The van der Waals surface area contributed by atoms with Crippen LogP contribution in [0.15, 0.2) is 36.9 Å². The van der Waals surface area contributed by atoms with Crippen molar-refractivity contribution in [2.24, 2.45) is 5.73 Å².